The van der Waals surface area contributed by atoms with Crippen molar-refractivity contribution in [1.82, 2.24) is 10.6 Å². The lowest BCUT2D eigenvalue weighted by Crippen LogP contribution is -2.41. The maximum atomic E-state index is 11.3. The van der Waals surface area contributed by atoms with E-state index in [2.05, 4.69) is 10.6 Å². The Labute approximate surface area is 97.9 Å². The number of sulfone groups is 1. The molecule has 0 aromatic heterocycles. The Bertz CT molecular complexity index is 317. The lowest BCUT2D eigenvalue weighted by molar-refractivity contribution is -0.122. The average molecular weight is 250 g/mol. The maximum Gasteiger partial charge on any atom is 0.221 e. The molecule has 0 aromatic rings. The molecule has 1 amide bonds. The summed E-state index contributed by atoms with van der Waals surface area (Å²) in [6.07, 6.45) is 1.56. The minimum absolute atomic E-state index is 0.0284. The van der Waals surface area contributed by atoms with E-state index in [1.54, 1.807) is 0 Å². The molecule has 0 bridgehead atoms. The van der Waals surface area contributed by atoms with Crippen LogP contribution < -0.4 is 10.6 Å². The van der Waals surface area contributed by atoms with Gasteiger partial charge in [0.15, 0.2) is 0 Å². The van der Waals surface area contributed by atoms with E-state index in [4.69, 9.17) is 0 Å². The zero-order chi connectivity index (χ0) is 12.8. The Balaban J connectivity index is 3.57. The van der Waals surface area contributed by atoms with E-state index in [1.807, 2.05) is 20.8 Å². The quantitative estimate of drug-likeness (QED) is 0.647. The van der Waals surface area contributed by atoms with Crippen LogP contribution in [0.1, 0.15) is 27.2 Å². The van der Waals surface area contributed by atoms with Gasteiger partial charge in [-0.25, -0.2) is 8.42 Å². The molecule has 0 radical (unpaired) electrons. The summed E-state index contributed by atoms with van der Waals surface area (Å²) in [6.45, 7) is 6.64. The first-order valence-corrected chi connectivity index (χ1v) is 7.36. The second-order valence-corrected chi connectivity index (χ2v) is 7.19. The number of amides is 1. The van der Waals surface area contributed by atoms with Gasteiger partial charge in [0.25, 0.3) is 0 Å². The van der Waals surface area contributed by atoms with Crippen molar-refractivity contribution in [1.29, 1.82) is 0 Å². The monoisotopic (exact) mass is 250 g/mol. The van der Waals surface area contributed by atoms with E-state index in [9.17, 15) is 13.2 Å². The molecule has 96 valence electrons. The van der Waals surface area contributed by atoms with Crippen LogP contribution >= 0.6 is 0 Å². The van der Waals surface area contributed by atoms with Gasteiger partial charge in [-0.15, -0.1) is 0 Å². The summed E-state index contributed by atoms with van der Waals surface area (Å²) in [4.78, 5) is 11.3. The highest BCUT2D eigenvalue weighted by Gasteiger charge is 2.12. The van der Waals surface area contributed by atoms with Gasteiger partial charge in [0.05, 0.1) is 5.75 Å². The van der Waals surface area contributed by atoms with Gasteiger partial charge in [-0.3, -0.25) is 4.79 Å². The van der Waals surface area contributed by atoms with Gasteiger partial charge in [-0.2, -0.15) is 0 Å². The molecule has 0 aliphatic rings. The minimum Gasteiger partial charge on any atom is -0.351 e. The van der Waals surface area contributed by atoms with Crippen LogP contribution in [0.2, 0.25) is 0 Å². The van der Waals surface area contributed by atoms with Crippen LogP contribution in [0.15, 0.2) is 0 Å². The Morgan fingerprint density at radius 3 is 2.19 bits per heavy atom. The van der Waals surface area contributed by atoms with E-state index in [0.29, 0.717) is 19.5 Å². The van der Waals surface area contributed by atoms with Crippen LogP contribution in [-0.4, -0.2) is 45.0 Å². The zero-order valence-electron chi connectivity index (χ0n) is 10.5. The summed E-state index contributed by atoms with van der Waals surface area (Å²) >= 11 is 0. The predicted molar refractivity (Wildman–Crippen MR) is 65.1 cm³/mol. The van der Waals surface area contributed by atoms with Gasteiger partial charge in [0.1, 0.15) is 9.84 Å². The topological polar surface area (TPSA) is 75.3 Å². The van der Waals surface area contributed by atoms with Crippen LogP contribution in [0.3, 0.4) is 0 Å². The molecule has 0 fully saturated rings. The average Bonchev–Trinajstić information content (AvgIpc) is 1.97. The lowest BCUT2D eigenvalue weighted by atomic mass is 10.1. The van der Waals surface area contributed by atoms with Gasteiger partial charge in [0.2, 0.25) is 5.91 Å². The highest BCUT2D eigenvalue weighted by atomic mass is 32.2. The van der Waals surface area contributed by atoms with Crippen molar-refractivity contribution in [2.45, 2.75) is 32.7 Å². The number of carbonyl (C=O) groups excluding carboxylic acids is 1. The van der Waals surface area contributed by atoms with E-state index < -0.39 is 9.84 Å². The highest BCUT2D eigenvalue weighted by molar-refractivity contribution is 7.90. The van der Waals surface area contributed by atoms with Gasteiger partial charge >= 0.3 is 0 Å². The molecule has 6 heteroatoms. The van der Waals surface area contributed by atoms with Gasteiger partial charge < -0.3 is 10.6 Å². The molecule has 0 atom stereocenters. The normalized spacial score (nSPS) is 12.5. The smallest absolute Gasteiger partial charge is 0.221 e. The van der Waals surface area contributed by atoms with Crippen molar-refractivity contribution in [2.75, 3.05) is 25.1 Å². The first kappa shape index (κ1) is 15.4. The molecule has 0 aromatic carbocycles. The fraction of sp³-hybridized carbons (Fsp3) is 0.900. The molecule has 5 nitrogen and oxygen atoms in total. The second kappa shape index (κ2) is 6.20. The van der Waals surface area contributed by atoms with Crippen molar-refractivity contribution >= 4 is 15.7 Å². The third-order valence-corrected chi connectivity index (χ3v) is 2.64. The first-order chi connectivity index (χ1) is 7.10. The number of hydrogen-bond donors (Lipinski definition) is 2. The third kappa shape index (κ3) is 11.5. The minimum atomic E-state index is -2.92. The Morgan fingerprint density at radius 2 is 1.75 bits per heavy atom. The largest absolute Gasteiger partial charge is 0.351 e. The number of rotatable bonds is 6. The summed E-state index contributed by atoms with van der Waals surface area (Å²) in [5.74, 6) is 0.0767. The van der Waals surface area contributed by atoms with Gasteiger partial charge in [0, 0.05) is 31.3 Å². The Kier molecular flexibility index (Phi) is 5.96. The molecule has 16 heavy (non-hydrogen) atoms. The lowest BCUT2D eigenvalue weighted by Gasteiger charge is -2.20. The maximum absolute atomic E-state index is 11.3. The molecular formula is C10H22N2O3S. The zero-order valence-corrected chi connectivity index (χ0v) is 11.3. The van der Waals surface area contributed by atoms with Crippen molar-refractivity contribution in [3.05, 3.63) is 0 Å². The van der Waals surface area contributed by atoms with Crippen molar-refractivity contribution in [2.24, 2.45) is 0 Å². The van der Waals surface area contributed by atoms with E-state index in [0.717, 1.165) is 0 Å². The molecule has 0 saturated heterocycles. The molecule has 0 spiro atoms. The summed E-state index contributed by atoms with van der Waals surface area (Å²) in [7, 11) is -2.92. The SMILES string of the molecule is CC(C)(C)NC(=O)CCNCCS(C)(=O)=O. The van der Waals surface area contributed by atoms with Gasteiger partial charge in [-0.1, -0.05) is 0 Å². The molecular weight excluding hydrogens is 228 g/mol. The van der Waals surface area contributed by atoms with E-state index in [-0.39, 0.29) is 17.2 Å². The molecule has 0 heterocycles. The Hall–Kier alpha value is -0.620. The Morgan fingerprint density at radius 1 is 1.19 bits per heavy atom. The molecule has 0 rings (SSSR count). The number of carbonyl (C=O) groups is 1. The summed E-state index contributed by atoms with van der Waals surface area (Å²) in [5.41, 5.74) is -0.218. The second-order valence-electron chi connectivity index (χ2n) is 4.93. The number of nitrogens with one attached hydrogen (secondary N) is 2. The first-order valence-electron chi connectivity index (χ1n) is 5.30. The third-order valence-electron chi connectivity index (χ3n) is 1.69. The van der Waals surface area contributed by atoms with Crippen LogP contribution in [0.5, 0.6) is 0 Å². The van der Waals surface area contributed by atoms with E-state index >= 15 is 0 Å². The van der Waals surface area contributed by atoms with Crippen molar-refractivity contribution in [3.8, 4) is 0 Å². The van der Waals surface area contributed by atoms with Crippen LogP contribution in [0, 0.1) is 0 Å². The molecule has 0 aliphatic heterocycles. The standard InChI is InChI=1S/C10H22N2O3S/c1-10(2,3)12-9(13)5-6-11-7-8-16(4,14)15/h11H,5-8H2,1-4H3,(H,12,13). The van der Waals surface area contributed by atoms with Crippen molar-refractivity contribution < 1.29 is 13.2 Å². The molecule has 0 saturated carbocycles. The molecule has 2 N–H and O–H groups in total. The molecule has 0 aliphatic carbocycles. The van der Waals surface area contributed by atoms with Crippen molar-refractivity contribution in [3.63, 3.8) is 0 Å². The van der Waals surface area contributed by atoms with Crippen LogP contribution in [0.4, 0.5) is 0 Å². The summed E-state index contributed by atoms with van der Waals surface area (Å²) in [5, 5.41) is 5.75. The number of hydrogen-bond acceptors (Lipinski definition) is 4. The fourth-order valence-electron chi connectivity index (χ4n) is 1.07. The van der Waals surface area contributed by atoms with Crippen LogP contribution in [-0.2, 0) is 14.6 Å². The van der Waals surface area contributed by atoms with E-state index in [1.165, 1.54) is 6.26 Å². The highest BCUT2D eigenvalue weighted by Crippen LogP contribution is 1.98. The summed E-state index contributed by atoms with van der Waals surface area (Å²) < 4.78 is 21.6. The van der Waals surface area contributed by atoms with Crippen LogP contribution in [0.25, 0.3) is 0 Å². The summed E-state index contributed by atoms with van der Waals surface area (Å²) in [6, 6.07) is 0. The molecule has 0 unspecified atom stereocenters. The fourth-order valence-corrected chi connectivity index (χ4v) is 1.58. The van der Waals surface area contributed by atoms with Gasteiger partial charge in [-0.05, 0) is 20.8 Å². The predicted octanol–water partition coefficient (Wildman–Crippen LogP) is -0.0746.